The van der Waals surface area contributed by atoms with Gasteiger partial charge in [0.05, 0.1) is 12.0 Å². The van der Waals surface area contributed by atoms with Crippen molar-refractivity contribution >= 4 is 56.2 Å². The molecule has 1 saturated heterocycles. The van der Waals surface area contributed by atoms with Crippen molar-refractivity contribution in [1.82, 2.24) is 5.32 Å². The molecule has 1 fully saturated rings. The number of ether oxygens (including phenoxy) is 2. The lowest BCUT2D eigenvalue weighted by Crippen LogP contribution is -2.17. The minimum absolute atomic E-state index is 0.198. The number of methoxy groups -OCH3 is 1. The molecule has 2 aromatic carbocycles. The lowest BCUT2D eigenvalue weighted by atomic mass is 10.1. The third kappa shape index (κ3) is 4.42. The monoisotopic (exact) mass is 435 g/mol. The molecular formula is C18H14BrNO3S2. The summed E-state index contributed by atoms with van der Waals surface area (Å²) in [6, 6.07) is 13.4. The van der Waals surface area contributed by atoms with Crippen LogP contribution >= 0.6 is 39.9 Å². The summed E-state index contributed by atoms with van der Waals surface area (Å²) in [6.07, 6.45) is 1.76. The first-order chi connectivity index (χ1) is 12.1. The quantitative estimate of drug-likeness (QED) is 0.552. The molecule has 3 rings (SSSR count). The number of nitrogens with one attached hydrogen (secondary N) is 1. The lowest BCUT2D eigenvalue weighted by molar-refractivity contribution is -0.115. The summed E-state index contributed by atoms with van der Waals surface area (Å²) in [5, 5.41) is 2.61. The largest absolute Gasteiger partial charge is 0.493 e. The van der Waals surface area contributed by atoms with Crippen LogP contribution in [0.25, 0.3) is 6.08 Å². The molecule has 0 spiro atoms. The number of halogens is 1. The standard InChI is InChI=1S/C18H14BrNO3S2/c1-22-14-4-2-3-12(9-15-17(21)20-18(24)25-15)16(14)23-10-11-5-7-13(19)8-6-11/h2-9H,10H2,1H3,(H,20,21,24). The molecule has 25 heavy (non-hydrogen) atoms. The van der Waals surface area contributed by atoms with E-state index in [-0.39, 0.29) is 5.91 Å². The van der Waals surface area contributed by atoms with E-state index in [0.29, 0.717) is 27.3 Å². The van der Waals surface area contributed by atoms with Gasteiger partial charge in [-0.1, -0.05) is 64.2 Å². The molecule has 128 valence electrons. The van der Waals surface area contributed by atoms with Crippen LogP contribution in [0.4, 0.5) is 0 Å². The maximum atomic E-state index is 11.9. The number of carbonyl (C=O) groups excluding carboxylic acids is 1. The van der Waals surface area contributed by atoms with Gasteiger partial charge >= 0.3 is 0 Å². The average Bonchev–Trinajstić information content (AvgIpc) is 2.92. The zero-order valence-electron chi connectivity index (χ0n) is 13.2. The highest BCUT2D eigenvalue weighted by atomic mass is 79.9. The third-order valence-corrected chi connectivity index (χ3v) is 5.15. The van der Waals surface area contributed by atoms with E-state index in [1.807, 2.05) is 42.5 Å². The average molecular weight is 436 g/mol. The van der Waals surface area contributed by atoms with Gasteiger partial charge in [0.2, 0.25) is 0 Å². The Bertz CT molecular complexity index is 850. The van der Waals surface area contributed by atoms with E-state index in [4.69, 9.17) is 21.7 Å². The van der Waals surface area contributed by atoms with Gasteiger partial charge < -0.3 is 14.8 Å². The first-order valence-electron chi connectivity index (χ1n) is 7.36. The van der Waals surface area contributed by atoms with Crippen molar-refractivity contribution < 1.29 is 14.3 Å². The topological polar surface area (TPSA) is 47.6 Å². The predicted molar refractivity (Wildman–Crippen MR) is 108 cm³/mol. The fraction of sp³-hybridized carbons (Fsp3) is 0.111. The number of carbonyl (C=O) groups is 1. The molecule has 0 saturated carbocycles. The van der Waals surface area contributed by atoms with E-state index in [1.165, 1.54) is 11.8 Å². The van der Waals surface area contributed by atoms with Crippen molar-refractivity contribution in [3.05, 3.63) is 63.0 Å². The smallest absolute Gasteiger partial charge is 0.263 e. The maximum Gasteiger partial charge on any atom is 0.263 e. The normalized spacial score (nSPS) is 15.4. The van der Waals surface area contributed by atoms with Gasteiger partial charge in [-0.2, -0.15) is 0 Å². The van der Waals surface area contributed by atoms with Crippen LogP contribution in [0.15, 0.2) is 51.8 Å². The van der Waals surface area contributed by atoms with Crippen molar-refractivity contribution in [3.8, 4) is 11.5 Å². The number of thioether (sulfide) groups is 1. The number of amides is 1. The van der Waals surface area contributed by atoms with Crippen LogP contribution in [0.3, 0.4) is 0 Å². The molecule has 7 heteroatoms. The fourth-order valence-electron chi connectivity index (χ4n) is 2.26. The Morgan fingerprint density at radius 2 is 2.00 bits per heavy atom. The van der Waals surface area contributed by atoms with E-state index in [0.717, 1.165) is 15.6 Å². The Morgan fingerprint density at radius 3 is 2.64 bits per heavy atom. The van der Waals surface area contributed by atoms with Gasteiger partial charge in [0.1, 0.15) is 10.9 Å². The molecule has 0 atom stereocenters. The number of thiocarbonyl (C=S) groups is 1. The molecule has 0 radical (unpaired) electrons. The van der Waals surface area contributed by atoms with Gasteiger partial charge in [-0.3, -0.25) is 4.79 Å². The fourth-order valence-corrected chi connectivity index (χ4v) is 3.56. The second-order valence-corrected chi connectivity index (χ2v) is 7.78. The van der Waals surface area contributed by atoms with Crippen molar-refractivity contribution in [1.29, 1.82) is 0 Å². The SMILES string of the molecule is COc1cccc(C=C2SC(=S)NC2=O)c1OCc1ccc(Br)cc1. The van der Waals surface area contributed by atoms with E-state index < -0.39 is 0 Å². The van der Waals surface area contributed by atoms with E-state index >= 15 is 0 Å². The highest BCUT2D eigenvalue weighted by Gasteiger charge is 2.23. The van der Waals surface area contributed by atoms with E-state index in [1.54, 1.807) is 13.2 Å². The Hall–Kier alpha value is -1.83. The Morgan fingerprint density at radius 1 is 1.24 bits per heavy atom. The Balaban J connectivity index is 1.89. The van der Waals surface area contributed by atoms with Crippen LogP contribution in [0.1, 0.15) is 11.1 Å². The van der Waals surface area contributed by atoms with Crippen LogP contribution in [0.5, 0.6) is 11.5 Å². The second kappa shape index (κ2) is 8.03. The van der Waals surface area contributed by atoms with Crippen molar-refractivity contribution in [2.75, 3.05) is 7.11 Å². The van der Waals surface area contributed by atoms with Crippen LogP contribution in [-0.4, -0.2) is 17.3 Å². The molecule has 1 N–H and O–H groups in total. The molecule has 2 aromatic rings. The highest BCUT2D eigenvalue weighted by Crippen LogP contribution is 2.35. The van der Waals surface area contributed by atoms with Crippen molar-refractivity contribution in [2.24, 2.45) is 0 Å². The summed E-state index contributed by atoms with van der Waals surface area (Å²) in [5.41, 5.74) is 1.79. The molecule has 0 bridgehead atoms. The van der Waals surface area contributed by atoms with Crippen LogP contribution < -0.4 is 14.8 Å². The van der Waals surface area contributed by atoms with Crippen LogP contribution in [0, 0.1) is 0 Å². The van der Waals surface area contributed by atoms with E-state index in [2.05, 4.69) is 21.2 Å². The minimum atomic E-state index is -0.198. The number of para-hydroxylation sites is 1. The molecule has 1 aliphatic rings. The summed E-state index contributed by atoms with van der Waals surface area (Å²) < 4.78 is 12.9. The molecular weight excluding hydrogens is 422 g/mol. The van der Waals surface area contributed by atoms with E-state index in [9.17, 15) is 4.79 Å². The van der Waals surface area contributed by atoms with Gasteiger partial charge in [0.15, 0.2) is 11.5 Å². The maximum absolute atomic E-state index is 11.9. The first kappa shape index (κ1) is 18.0. The molecule has 1 amide bonds. The summed E-state index contributed by atoms with van der Waals surface area (Å²) in [5.74, 6) is 1.00. The molecule has 4 nitrogen and oxygen atoms in total. The summed E-state index contributed by atoms with van der Waals surface area (Å²) >= 11 is 9.68. The zero-order chi connectivity index (χ0) is 17.8. The van der Waals surface area contributed by atoms with Gasteiger partial charge in [-0.05, 0) is 29.8 Å². The molecule has 0 aliphatic carbocycles. The van der Waals surface area contributed by atoms with Crippen molar-refractivity contribution in [2.45, 2.75) is 6.61 Å². The summed E-state index contributed by atoms with van der Waals surface area (Å²) in [6.45, 7) is 0.390. The first-order valence-corrected chi connectivity index (χ1v) is 9.37. The third-order valence-electron chi connectivity index (χ3n) is 3.45. The highest BCUT2D eigenvalue weighted by molar-refractivity contribution is 9.10. The van der Waals surface area contributed by atoms with Crippen molar-refractivity contribution in [3.63, 3.8) is 0 Å². The van der Waals surface area contributed by atoms with Gasteiger partial charge in [-0.15, -0.1) is 0 Å². The van der Waals surface area contributed by atoms with Gasteiger partial charge in [0.25, 0.3) is 5.91 Å². The Labute approximate surface area is 163 Å². The van der Waals surface area contributed by atoms with Crippen LogP contribution in [0.2, 0.25) is 0 Å². The number of rotatable bonds is 5. The summed E-state index contributed by atoms with van der Waals surface area (Å²) in [4.78, 5) is 12.4. The molecule has 1 heterocycles. The lowest BCUT2D eigenvalue weighted by Gasteiger charge is -2.14. The summed E-state index contributed by atoms with van der Waals surface area (Å²) in [7, 11) is 1.59. The minimum Gasteiger partial charge on any atom is -0.493 e. The number of benzene rings is 2. The second-order valence-electron chi connectivity index (χ2n) is 5.15. The van der Waals surface area contributed by atoms with Gasteiger partial charge in [-0.25, -0.2) is 0 Å². The Kier molecular flexibility index (Phi) is 5.78. The number of hydrogen-bond donors (Lipinski definition) is 1. The zero-order valence-corrected chi connectivity index (χ0v) is 16.5. The number of hydrogen-bond acceptors (Lipinski definition) is 5. The molecule has 0 aromatic heterocycles. The molecule has 1 aliphatic heterocycles. The molecule has 0 unspecified atom stereocenters. The predicted octanol–water partition coefficient (Wildman–Crippen LogP) is 4.53. The van der Waals surface area contributed by atoms with Gasteiger partial charge in [0, 0.05) is 10.0 Å². The van der Waals surface area contributed by atoms with Crippen LogP contribution in [-0.2, 0) is 11.4 Å².